The average molecular weight is 294 g/mol. The molecule has 0 aromatic carbocycles. The van der Waals surface area contributed by atoms with Crippen molar-refractivity contribution in [1.29, 1.82) is 0 Å². The quantitative estimate of drug-likeness (QED) is 0.928. The van der Waals surface area contributed by atoms with Gasteiger partial charge in [-0.1, -0.05) is 6.42 Å². The minimum absolute atomic E-state index is 0.396. The van der Waals surface area contributed by atoms with Gasteiger partial charge in [0.05, 0.1) is 0 Å². The van der Waals surface area contributed by atoms with Gasteiger partial charge in [-0.25, -0.2) is 4.98 Å². The highest BCUT2D eigenvalue weighted by Crippen LogP contribution is 2.32. The largest absolute Gasteiger partial charge is 0.343 e. The molecule has 20 heavy (non-hydrogen) atoms. The Bertz CT molecular complexity index is 447. The van der Waals surface area contributed by atoms with Crippen molar-refractivity contribution in [2.24, 2.45) is 0 Å². The van der Waals surface area contributed by atoms with Crippen molar-refractivity contribution in [3.8, 4) is 0 Å². The molecular formula is C15H26N4S. The number of anilines is 1. The lowest BCUT2D eigenvalue weighted by Crippen LogP contribution is -2.58. The predicted molar refractivity (Wildman–Crippen MR) is 85.6 cm³/mol. The Hall–Kier alpha value is -0.650. The van der Waals surface area contributed by atoms with E-state index in [1.165, 1.54) is 42.4 Å². The average Bonchev–Trinajstić information content (AvgIpc) is 2.95. The molecule has 1 N–H and O–H groups in total. The zero-order chi connectivity index (χ0) is 14.1. The van der Waals surface area contributed by atoms with Crippen LogP contribution in [-0.2, 0) is 0 Å². The van der Waals surface area contributed by atoms with Crippen molar-refractivity contribution in [2.45, 2.75) is 51.2 Å². The summed E-state index contributed by atoms with van der Waals surface area (Å²) in [4.78, 5) is 11.2. The van der Waals surface area contributed by atoms with E-state index < -0.39 is 0 Å². The smallest absolute Gasteiger partial charge is 0.185 e. The Kier molecular flexibility index (Phi) is 4.29. The molecular weight excluding hydrogens is 268 g/mol. The first-order chi connectivity index (χ1) is 9.69. The molecule has 3 atom stereocenters. The van der Waals surface area contributed by atoms with Crippen molar-refractivity contribution >= 4 is 16.5 Å². The van der Waals surface area contributed by atoms with Gasteiger partial charge in [-0.15, -0.1) is 11.3 Å². The second-order valence-electron chi connectivity index (χ2n) is 6.20. The van der Waals surface area contributed by atoms with Crippen LogP contribution in [0.25, 0.3) is 0 Å². The van der Waals surface area contributed by atoms with Crippen molar-refractivity contribution in [1.82, 2.24) is 15.2 Å². The number of nitrogens with one attached hydrogen (secondary N) is 1. The molecule has 0 spiro atoms. The van der Waals surface area contributed by atoms with Crippen LogP contribution < -0.4 is 10.2 Å². The van der Waals surface area contributed by atoms with Gasteiger partial charge in [0.25, 0.3) is 0 Å². The van der Waals surface area contributed by atoms with Crippen LogP contribution in [0.3, 0.4) is 0 Å². The second-order valence-corrected chi connectivity index (χ2v) is 7.24. The van der Waals surface area contributed by atoms with Crippen LogP contribution in [0.5, 0.6) is 0 Å². The molecule has 112 valence electrons. The molecule has 2 aliphatic rings. The standard InChI is InChI=1S/C15H26N4S/c1-11-9-18-7-5-4-6-13(18)10-19(11)15-17-8-14(20-15)12(2)16-3/h8,11-13,16H,4-7,9-10H2,1-3H3. The SMILES string of the molecule is CNC(C)c1cnc(N2CC3CCCCN3CC2C)s1. The van der Waals surface area contributed by atoms with Gasteiger partial charge < -0.3 is 10.2 Å². The number of nitrogens with zero attached hydrogens (tertiary/aromatic N) is 3. The summed E-state index contributed by atoms with van der Waals surface area (Å²) < 4.78 is 0. The normalized spacial score (nSPS) is 29.2. The minimum atomic E-state index is 0.396. The molecule has 2 fully saturated rings. The van der Waals surface area contributed by atoms with Crippen LogP contribution in [0, 0.1) is 0 Å². The number of thiazole rings is 1. The highest BCUT2D eigenvalue weighted by atomic mass is 32.1. The fourth-order valence-electron chi connectivity index (χ4n) is 3.37. The van der Waals surface area contributed by atoms with Gasteiger partial charge in [-0.3, -0.25) is 4.90 Å². The van der Waals surface area contributed by atoms with Gasteiger partial charge in [0.15, 0.2) is 5.13 Å². The zero-order valence-corrected chi connectivity index (χ0v) is 13.6. The van der Waals surface area contributed by atoms with E-state index in [1.807, 2.05) is 24.6 Å². The Morgan fingerprint density at radius 3 is 3.05 bits per heavy atom. The first-order valence-electron chi connectivity index (χ1n) is 7.82. The van der Waals surface area contributed by atoms with Gasteiger partial charge in [0, 0.05) is 42.3 Å². The van der Waals surface area contributed by atoms with Crippen LogP contribution in [-0.4, -0.2) is 48.6 Å². The van der Waals surface area contributed by atoms with E-state index in [0.717, 1.165) is 12.6 Å². The number of fused-ring (bicyclic) bond motifs is 1. The van der Waals surface area contributed by atoms with Crippen molar-refractivity contribution in [2.75, 3.05) is 31.6 Å². The molecule has 0 bridgehead atoms. The van der Waals surface area contributed by atoms with Gasteiger partial charge in [0.2, 0.25) is 0 Å². The van der Waals surface area contributed by atoms with E-state index in [4.69, 9.17) is 0 Å². The summed E-state index contributed by atoms with van der Waals surface area (Å²) >= 11 is 1.85. The summed E-state index contributed by atoms with van der Waals surface area (Å²) in [6, 6.07) is 1.72. The zero-order valence-electron chi connectivity index (χ0n) is 12.8. The lowest BCUT2D eigenvalue weighted by molar-refractivity contribution is 0.115. The molecule has 2 aliphatic heterocycles. The maximum atomic E-state index is 4.68. The van der Waals surface area contributed by atoms with Gasteiger partial charge in [-0.2, -0.15) is 0 Å². The van der Waals surface area contributed by atoms with Crippen LogP contribution >= 0.6 is 11.3 Å². The Morgan fingerprint density at radius 1 is 1.40 bits per heavy atom. The maximum Gasteiger partial charge on any atom is 0.185 e. The van der Waals surface area contributed by atoms with Crippen LogP contribution in [0.4, 0.5) is 5.13 Å². The molecule has 0 radical (unpaired) electrons. The summed E-state index contributed by atoms with van der Waals surface area (Å²) in [5.74, 6) is 0. The fourth-order valence-corrected chi connectivity index (χ4v) is 4.46. The Labute approximate surface area is 126 Å². The number of rotatable bonds is 3. The van der Waals surface area contributed by atoms with Gasteiger partial charge in [0.1, 0.15) is 0 Å². The van der Waals surface area contributed by atoms with E-state index >= 15 is 0 Å². The summed E-state index contributed by atoms with van der Waals surface area (Å²) in [7, 11) is 2.01. The third kappa shape index (κ3) is 2.71. The number of piperidine rings is 1. The summed E-state index contributed by atoms with van der Waals surface area (Å²) in [6.45, 7) is 8.18. The van der Waals surface area contributed by atoms with E-state index in [-0.39, 0.29) is 0 Å². The van der Waals surface area contributed by atoms with Crippen LogP contribution in [0.1, 0.15) is 44.0 Å². The molecule has 3 heterocycles. The van der Waals surface area contributed by atoms with Crippen molar-refractivity contribution in [3.05, 3.63) is 11.1 Å². The molecule has 1 aromatic heterocycles. The first-order valence-corrected chi connectivity index (χ1v) is 8.64. The van der Waals surface area contributed by atoms with E-state index in [9.17, 15) is 0 Å². The van der Waals surface area contributed by atoms with Gasteiger partial charge >= 0.3 is 0 Å². The Balaban J connectivity index is 1.74. The lowest BCUT2D eigenvalue weighted by atomic mass is 9.97. The van der Waals surface area contributed by atoms with Gasteiger partial charge in [-0.05, 0) is 40.3 Å². The third-order valence-electron chi connectivity index (χ3n) is 4.80. The summed E-state index contributed by atoms with van der Waals surface area (Å²) in [5, 5.41) is 4.51. The Morgan fingerprint density at radius 2 is 2.25 bits per heavy atom. The highest BCUT2D eigenvalue weighted by molar-refractivity contribution is 7.15. The highest BCUT2D eigenvalue weighted by Gasteiger charge is 2.34. The monoisotopic (exact) mass is 294 g/mol. The summed E-state index contributed by atoms with van der Waals surface area (Å²) in [5.41, 5.74) is 0. The van der Waals surface area contributed by atoms with E-state index in [2.05, 4.69) is 33.9 Å². The first kappa shape index (κ1) is 14.3. The fraction of sp³-hybridized carbons (Fsp3) is 0.800. The lowest BCUT2D eigenvalue weighted by Gasteiger charge is -2.47. The number of piperazine rings is 1. The number of aromatic nitrogens is 1. The molecule has 0 saturated carbocycles. The minimum Gasteiger partial charge on any atom is -0.343 e. The molecule has 3 rings (SSSR count). The van der Waals surface area contributed by atoms with Crippen LogP contribution in [0.15, 0.2) is 6.20 Å². The summed E-state index contributed by atoms with van der Waals surface area (Å²) in [6.07, 6.45) is 6.17. The molecule has 5 heteroatoms. The predicted octanol–water partition coefficient (Wildman–Crippen LogP) is 2.49. The molecule has 2 saturated heterocycles. The van der Waals surface area contributed by atoms with Crippen molar-refractivity contribution in [3.63, 3.8) is 0 Å². The van der Waals surface area contributed by atoms with Crippen LogP contribution in [0.2, 0.25) is 0 Å². The van der Waals surface area contributed by atoms with E-state index in [0.29, 0.717) is 12.1 Å². The van der Waals surface area contributed by atoms with E-state index in [1.54, 1.807) is 0 Å². The third-order valence-corrected chi connectivity index (χ3v) is 6.02. The molecule has 1 aromatic rings. The molecule has 0 aliphatic carbocycles. The maximum absolute atomic E-state index is 4.68. The molecule has 0 amide bonds. The number of hydrogen-bond acceptors (Lipinski definition) is 5. The van der Waals surface area contributed by atoms with Crippen molar-refractivity contribution < 1.29 is 0 Å². The molecule has 4 nitrogen and oxygen atoms in total. The topological polar surface area (TPSA) is 31.4 Å². The second kappa shape index (κ2) is 6.00. The number of hydrogen-bond donors (Lipinski definition) is 1. The molecule has 3 unspecified atom stereocenters.